The molecule has 0 bridgehead atoms. The molecule has 1 fully saturated rings. The summed E-state index contributed by atoms with van der Waals surface area (Å²) in [5.41, 5.74) is 6.29. The predicted molar refractivity (Wildman–Crippen MR) is 72.1 cm³/mol. The molecule has 5 unspecified atom stereocenters. The summed E-state index contributed by atoms with van der Waals surface area (Å²) in [6.45, 7) is -0.562. The van der Waals surface area contributed by atoms with E-state index in [-0.39, 0.29) is 5.56 Å². The van der Waals surface area contributed by atoms with E-state index in [0.717, 1.165) is 0 Å². The molecule has 5 atom stereocenters. The Morgan fingerprint density at radius 3 is 2.38 bits per heavy atom. The van der Waals surface area contributed by atoms with E-state index >= 15 is 0 Å². The van der Waals surface area contributed by atoms with Crippen LogP contribution in [0.15, 0.2) is 24.3 Å². The maximum absolute atomic E-state index is 12.0. The van der Waals surface area contributed by atoms with Gasteiger partial charge in [-0.05, 0) is 24.3 Å². The van der Waals surface area contributed by atoms with Crippen molar-refractivity contribution >= 4 is 11.6 Å². The summed E-state index contributed by atoms with van der Waals surface area (Å²) in [6, 6.07) is 4.83. The number of amides is 1. The molecule has 1 aliphatic rings. The van der Waals surface area contributed by atoms with Crippen molar-refractivity contribution in [1.29, 1.82) is 0 Å². The standard InChI is InChI=1S/C13H18N2O6/c14-7-3-1-6(2-4-7)12(19)15-9-11(18)10(17)8(5-16)21-13(9)20/h1-4,8-11,13,16-18,20H,5,14H2,(H,15,19). The second-order valence-corrected chi connectivity index (χ2v) is 4.85. The van der Waals surface area contributed by atoms with Gasteiger partial charge in [-0.25, -0.2) is 0 Å². The molecule has 0 aromatic heterocycles. The number of nitrogens with two attached hydrogens (primary N) is 1. The Morgan fingerprint density at radius 1 is 1.19 bits per heavy atom. The normalized spacial score (nSPS) is 32.7. The number of benzene rings is 1. The van der Waals surface area contributed by atoms with E-state index in [4.69, 9.17) is 15.6 Å². The zero-order valence-electron chi connectivity index (χ0n) is 11.1. The van der Waals surface area contributed by atoms with Crippen molar-refractivity contribution in [2.75, 3.05) is 12.3 Å². The Morgan fingerprint density at radius 2 is 1.81 bits per heavy atom. The van der Waals surface area contributed by atoms with Crippen LogP contribution in [0.4, 0.5) is 5.69 Å². The van der Waals surface area contributed by atoms with Gasteiger partial charge in [-0.15, -0.1) is 0 Å². The highest BCUT2D eigenvalue weighted by molar-refractivity contribution is 5.94. The summed E-state index contributed by atoms with van der Waals surface area (Å²) in [4.78, 5) is 12.0. The molecular formula is C13H18N2O6. The van der Waals surface area contributed by atoms with Crippen LogP contribution in [-0.2, 0) is 4.74 Å². The third kappa shape index (κ3) is 3.31. The number of ether oxygens (including phenoxy) is 1. The number of rotatable bonds is 3. The van der Waals surface area contributed by atoms with Crippen LogP contribution in [0.1, 0.15) is 10.4 Å². The van der Waals surface area contributed by atoms with Crippen LogP contribution >= 0.6 is 0 Å². The van der Waals surface area contributed by atoms with E-state index in [1.54, 1.807) is 0 Å². The van der Waals surface area contributed by atoms with Gasteiger partial charge in [0.25, 0.3) is 5.91 Å². The van der Waals surface area contributed by atoms with E-state index in [2.05, 4.69) is 5.32 Å². The Labute approximate surface area is 120 Å². The Hall–Kier alpha value is -1.71. The first kappa shape index (κ1) is 15.7. The Bertz CT molecular complexity index is 494. The highest BCUT2D eigenvalue weighted by Crippen LogP contribution is 2.20. The van der Waals surface area contributed by atoms with Crippen molar-refractivity contribution in [2.45, 2.75) is 30.6 Å². The van der Waals surface area contributed by atoms with Crippen LogP contribution in [0.3, 0.4) is 0 Å². The highest BCUT2D eigenvalue weighted by Gasteiger charge is 2.44. The van der Waals surface area contributed by atoms with Crippen molar-refractivity contribution in [3.63, 3.8) is 0 Å². The molecule has 1 aliphatic heterocycles. The molecule has 0 aliphatic carbocycles. The van der Waals surface area contributed by atoms with Gasteiger partial charge in [0, 0.05) is 11.3 Å². The zero-order chi connectivity index (χ0) is 15.6. The molecule has 1 heterocycles. The quantitative estimate of drug-likeness (QED) is 0.347. The average molecular weight is 298 g/mol. The van der Waals surface area contributed by atoms with Gasteiger partial charge < -0.3 is 36.2 Å². The van der Waals surface area contributed by atoms with Gasteiger partial charge in [-0.1, -0.05) is 0 Å². The number of nitrogen functional groups attached to an aromatic ring is 1. The molecule has 116 valence electrons. The van der Waals surface area contributed by atoms with Crippen LogP contribution in [0.2, 0.25) is 0 Å². The van der Waals surface area contributed by atoms with E-state index in [1.807, 2.05) is 0 Å². The minimum Gasteiger partial charge on any atom is -0.399 e. The molecule has 1 amide bonds. The van der Waals surface area contributed by atoms with Gasteiger partial charge in [-0.3, -0.25) is 4.79 Å². The smallest absolute Gasteiger partial charge is 0.251 e. The summed E-state index contributed by atoms with van der Waals surface area (Å²) in [7, 11) is 0. The number of hydrogen-bond acceptors (Lipinski definition) is 7. The molecule has 0 saturated carbocycles. The Balaban J connectivity index is 2.07. The Kier molecular flexibility index (Phi) is 4.76. The molecule has 8 heteroatoms. The maximum atomic E-state index is 12.0. The molecule has 8 nitrogen and oxygen atoms in total. The molecule has 0 spiro atoms. The van der Waals surface area contributed by atoms with E-state index in [9.17, 15) is 20.1 Å². The first-order valence-corrected chi connectivity index (χ1v) is 6.41. The molecule has 21 heavy (non-hydrogen) atoms. The van der Waals surface area contributed by atoms with E-state index in [1.165, 1.54) is 24.3 Å². The SMILES string of the molecule is Nc1ccc(C(=O)NC2C(O)OC(CO)C(O)C2O)cc1. The number of aliphatic hydroxyl groups is 4. The van der Waals surface area contributed by atoms with Gasteiger partial charge >= 0.3 is 0 Å². The van der Waals surface area contributed by atoms with Crippen LogP contribution in [0.5, 0.6) is 0 Å². The monoisotopic (exact) mass is 298 g/mol. The lowest BCUT2D eigenvalue weighted by Gasteiger charge is -2.40. The summed E-state index contributed by atoms with van der Waals surface area (Å²) < 4.78 is 4.95. The number of nitrogens with one attached hydrogen (secondary N) is 1. The lowest BCUT2D eigenvalue weighted by molar-refractivity contribution is -0.252. The van der Waals surface area contributed by atoms with Crippen LogP contribution in [-0.4, -0.2) is 63.6 Å². The van der Waals surface area contributed by atoms with Crippen molar-refractivity contribution in [2.24, 2.45) is 0 Å². The van der Waals surface area contributed by atoms with Crippen LogP contribution < -0.4 is 11.1 Å². The summed E-state index contributed by atoms with van der Waals surface area (Å²) in [6.07, 6.45) is -5.54. The first-order chi connectivity index (χ1) is 9.93. The molecule has 1 aromatic carbocycles. The average Bonchev–Trinajstić information content (AvgIpc) is 2.47. The fourth-order valence-corrected chi connectivity index (χ4v) is 2.12. The largest absolute Gasteiger partial charge is 0.399 e. The lowest BCUT2D eigenvalue weighted by Crippen LogP contribution is -2.64. The van der Waals surface area contributed by atoms with Crippen molar-refractivity contribution in [3.8, 4) is 0 Å². The summed E-state index contributed by atoms with van der Waals surface area (Å²) in [5.74, 6) is -0.559. The number of carbonyl (C=O) groups is 1. The first-order valence-electron chi connectivity index (χ1n) is 6.41. The minimum atomic E-state index is -1.54. The number of anilines is 1. The van der Waals surface area contributed by atoms with Gasteiger partial charge in [0.05, 0.1) is 6.61 Å². The van der Waals surface area contributed by atoms with E-state index in [0.29, 0.717) is 5.69 Å². The third-order valence-corrected chi connectivity index (χ3v) is 3.37. The highest BCUT2D eigenvalue weighted by atomic mass is 16.6. The molecule has 1 aromatic rings. The molecule has 0 radical (unpaired) electrons. The van der Waals surface area contributed by atoms with Crippen molar-refractivity contribution in [1.82, 2.24) is 5.32 Å². The van der Waals surface area contributed by atoms with Gasteiger partial charge in [-0.2, -0.15) is 0 Å². The number of aliphatic hydroxyl groups excluding tert-OH is 4. The van der Waals surface area contributed by atoms with Crippen LogP contribution in [0.25, 0.3) is 0 Å². The minimum absolute atomic E-state index is 0.280. The summed E-state index contributed by atoms with van der Waals surface area (Å²) in [5, 5.41) is 40.7. The van der Waals surface area contributed by atoms with Gasteiger partial charge in [0.2, 0.25) is 0 Å². The van der Waals surface area contributed by atoms with E-state index < -0.39 is 43.2 Å². The second-order valence-electron chi connectivity index (χ2n) is 4.85. The maximum Gasteiger partial charge on any atom is 0.251 e. The predicted octanol–water partition coefficient (Wildman–Crippen LogP) is -2.20. The lowest BCUT2D eigenvalue weighted by atomic mass is 9.97. The van der Waals surface area contributed by atoms with Crippen LogP contribution in [0, 0.1) is 0 Å². The number of hydrogen-bond donors (Lipinski definition) is 6. The molecule has 1 saturated heterocycles. The van der Waals surface area contributed by atoms with Gasteiger partial charge in [0.1, 0.15) is 24.4 Å². The van der Waals surface area contributed by atoms with Crippen molar-refractivity contribution < 1.29 is 30.0 Å². The summed E-state index contributed by atoms with van der Waals surface area (Å²) >= 11 is 0. The zero-order valence-corrected chi connectivity index (χ0v) is 11.1. The topological polar surface area (TPSA) is 145 Å². The number of carbonyl (C=O) groups excluding carboxylic acids is 1. The second kappa shape index (κ2) is 6.37. The fourth-order valence-electron chi connectivity index (χ4n) is 2.12. The van der Waals surface area contributed by atoms with Gasteiger partial charge in [0.15, 0.2) is 6.29 Å². The van der Waals surface area contributed by atoms with Crippen molar-refractivity contribution in [3.05, 3.63) is 29.8 Å². The fraction of sp³-hybridized carbons (Fsp3) is 0.462. The molecular weight excluding hydrogens is 280 g/mol. The molecule has 2 rings (SSSR count). The third-order valence-electron chi connectivity index (χ3n) is 3.37. The molecule has 7 N–H and O–H groups in total.